The van der Waals surface area contributed by atoms with Crippen molar-refractivity contribution in [2.75, 3.05) is 26.3 Å². The average molecular weight is 360 g/mol. The molecule has 0 saturated carbocycles. The second kappa shape index (κ2) is 6.64. The molecule has 1 fully saturated rings. The first kappa shape index (κ1) is 16.2. The van der Waals surface area contributed by atoms with Crippen LogP contribution in [0.25, 0.3) is 27.7 Å². The van der Waals surface area contributed by atoms with Crippen LogP contribution in [0.5, 0.6) is 0 Å². The van der Waals surface area contributed by atoms with Gasteiger partial charge in [-0.1, -0.05) is 42.5 Å². The maximum absolute atomic E-state index is 12.7. The monoisotopic (exact) mass is 360 g/mol. The molecule has 0 bridgehead atoms. The van der Waals surface area contributed by atoms with E-state index >= 15 is 0 Å². The quantitative estimate of drug-likeness (QED) is 0.610. The highest BCUT2D eigenvalue weighted by atomic mass is 16.5. The molecule has 27 heavy (non-hydrogen) atoms. The Morgan fingerprint density at radius 3 is 2.56 bits per heavy atom. The highest BCUT2D eigenvalue weighted by Crippen LogP contribution is 2.29. The van der Waals surface area contributed by atoms with E-state index in [1.807, 2.05) is 47.0 Å². The lowest BCUT2D eigenvalue weighted by molar-refractivity contribution is 0.0337. The molecule has 0 spiro atoms. The van der Waals surface area contributed by atoms with E-state index in [9.17, 15) is 4.79 Å². The maximum atomic E-state index is 12.7. The van der Waals surface area contributed by atoms with Crippen LogP contribution in [0, 0.1) is 0 Å². The number of hydrogen-bond acceptors (Lipinski definition) is 4. The number of benzene rings is 2. The van der Waals surface area contributed by atoms with E-state index in [1.165, 1.54) is 0 Å². The summed E-state index contributed by atoms with van der Waals surface area (Å²) in [5.41, 5.74) is 4.49. The van der Waals surface area contributed by atoms with Crippen LogP contribution >= 0.6 is 0 Å². The lowest BCUT2D eigenvalue weighted by Gasteiger charge is -2.26. The Morgan fingerprint density at radius 1 is 1.00 bits per heavy atom. The predicted molar refractivity (Wildman–Crippen MR) is 105 cm³/mol. The molecule has 6 heteroatoms. The summed E-state index contributed by atoms with van der Waals surface area (Å²) in [6.07, 6.45) is 0. The summed E-state index contributed by atoms with van der Waals surface area (Å²) in [4.78, 5) is 18.1. The van der Waals surface area contributed by atoms with Gasteiger partial charge in [0.1, 0.15) is 5.65 Å². The van der Waals surface area contributed by atoms with Crippen LogP contribution in [-0.2, 0) is 11.3 Å². The van der Waals surface area contributed by atoms with Gasteiger partial charge in [-0.3, -0.25) is 9.69 Å². The summed E-state index contributed by atoms with van der Waals surface area (Å²) in [5, 5.41) is 5.56. The van der Waals surface area contributed by atoms with E-state index < -0.39 is 0 Å². The zero-order valence-corrected chi connectivity index (χ0v) is 14.9. The van der Waals surface area contributed by atoms with Crippen molar-refractivity contribution in [3.05, 3.63) is 70.6 Å². The van der Waals surface area contributed by atoms with Crippen molar-refractivity contribution in [2.45, 2.75) is 6.54 Å². The normalized spacial score (nSPS) is 15.6. The van der Waals surface area contributed by atoms with Gasteiger partial charge in [-0.05, 0) is 17.7 Å². The first-order valence-corrected chi connectivity index (χ1v) is 9.19. The number of fused-ring (bicyclic) bond motifs is 3. The number of ether oxygens (including phenoxy) is 1. The van der Waals surface area contributed by atoms with Crippen LogP contribution in [0.3, 0.4) is 0 Å². The number of aromatic nitrogens is 3. The van der Waals surface area contributed by atoms with E-state index in [0.717, 1.165) is 60.8 Å². The molecule has 0 atom stereocenters. The van der Waals surface area contributed by atoms with Crippen LogP contribution in [-0.4, -0.2) is 45.8 Å². The summed E-state index contributed by atoms with van der Waals surface area (Å²) in [7, 11) is 0. The minimum absolute atomic E-state index is 0.0897. The molecule has 136 valence electrons. The highest BCUT2D eigenvalue weighted by molar-refractivity contribution is 5.86. The van der Waals surface area contributed by atoms with Crippen molar-refractivity contribution < 1.29 is 4.74 Å². The largest absolute Gasteiger partial charge is 0.379 e. The fourth-order valence-electron chi connectivity index (χ4n) is 3.77. The van der Waals surface area contributed by atoms with Crippen LogP contribution in [0.4, 0.5) is 0 Å². The fraction of sp³-hybridized carbons (Fsp3) is 0.238. The third-order valence-electron chi connectivity index (χ3n) is 5.11. The smallest absolute Gasteiger partial charge is 0.259 e. The van der Waals surface area contributed by atoms with E-state index in [-0.39, 0.29) is 5.56 Å². The zero-order valence-electron chi connectivity index (χ0n) is 14.9. The minimum Gasteiger partial charge on any atom is -0.379 e. The predicted octanol–water partition coefficient (Wildman–Crippen LogP) is 2.68. The Labute approximate surface area is 156 Å². The Bertz CT molecular complexity index is 1160. The SMILES string of the molecule is O=c1[nH]c2c(-c3ccccc3)c(CN3CCOCC3)nn2c2ccccc12. The van der Waals surface area contributed by atoms with Crippen LogP contribution in [0.2, 0.25) is 0 Å². The Morgan fingerprint density at radius 2 is 1.74 bits per heavy atom. The molecule has 3 heterocycles. The Kier molecular flexibility index (Phi) is 3.99. The number of rotatable bonds is 3. The van der Waals surface area contributed by atoms with Gasteiger partial charge in [0.2, 0.25) is 0 Å². The number of hydrogen-bond donors (Lipinski definition) is 1. The van der Waals surface area contributed by atoms with Crippen molar-refractivity contribution in [2.24, 2.45) is 0 Å². The summed E-state index contributed by atoms with van der Waals surface area (Å²) < 4.78 is 7.34. The summed E-state index contributed by atoms with van der Waals surface area (Å²) in [6.45, 7) is 3.99. The molecule has 1 N–H and O–H groups in total. The van der Waals surface area contributed by atoms with Crippen molar-refractivity contribution >= 4 is 16.6 Å². The molecule has 1 saturated heterocycles. The summed E-state index contributed by atoms with van der Waals surface area (Å²) in [6, 6.07) is 17.7. The molecular formula is C21H20N4O2. The topological polar surface area (TPSA) is 62.6 Å². The van der Waals surface area contributed by atoms with E-state index in [4.69, 9.17) is 9.84 Å². The van der Waals surface area contributed by atoms with Gasteiger partial charge < -0.3 is 9.72 Å². The first-order valence-electron chi connectivity index (χ1n) is 9.19. The molecule has 0 amide bonds. The summed E-state index contributed by atoms with van der Waals surface area (Å²) in [5.74, 6) is 0. The third kappa shape index (κ3) is 2.83. The number of aromatic amines is 1. The zero-order chi connectivity index (χ0) is 18.2. The number of para-hydroxylation sites is 1. The van der Waals surface area contributed by atoms with Crippen molar-refractivity contribution in [3.8, 4) is 11.1 Å². The van der Waals surface area contributed by atoms with Crippen molar-refractivity contribution in [3.63, 3.8) is 0 Å². The molecule has 0 unspecified atom stereocenters. The molecule has 0 radical (unpaired) electrons. The van der Waals surface area contributed by atoms with Gasteiger partial charge in [0.15, 0.2) is 0 Å². The van der Waals surface area contributed by atoms with Gasteiger partial charge in [0.05, 0.1) is 29.8 Å². The van der Waals surface area contributed by atoms with Crippen LogP contribution in [0.1, 0.15) is 5.69 Å². The van der Waals surface area contributed by atoms with Crippen molar-refractivity contribution in [1.29, 1.82) is 0 Å². The second-order valence-corrected chi connectivity index (χ2v) is 6.81. The van der Waals surface area contributed by atoms with Crippen LogP contribution in [0.15, 0.2) is 59.4 Å². The number of H-pyrrole nitrogens is 1. The summed E-state index contributed by atoms with van der Waals surface area (Å²) >= 11 is 0. The van der Waals surface area contributed by atoms with Crippen molar-refractivity contribution in [1.82, 2.24) is 19.5 Å². The third-order valence-corrected chi connectivity index (χ3v) is 5.11. The average Bonchev–Trinajstić information content (AvgIpc) is 3.07. The van der Waals surface area contributed by atoms with Gasteiger partial charge in [-0.2, -0.15) is 5.10 Å². The minimum atomic E-state index is -0.0897. The van der Waals surface area contributed by atoms with Gasteiger partial charge in [-0.15, -0.1) is 0 Å². The molecule has 2 aromatic carbocycles. The second-order valence-electron chi connectivity index (χ2n) is 6.81. The Balaban J connectivity index is 1.77. The lowest BCUT2D eigenvalue weighted by Crippen LogP contribution is -2.35. The van der Waals surface area contributed by atoms with Crippen LogP contribution < -0.4 is 5.56 Å². The number of nitrogens with zero attached hydrogens (tertiary/aromatic N) is 3. The molecule has 1 aliphatic heterocycles. The number of morpholine rings is 1. The van der Waals surface area contributed by atoms with Gasteiger partial charge >= 0.3 is 0 Å². The molecule has 6 nitrogen and oxygen atoms in total. The highest BCUT2D eigenvalue weighted by Gasteiger charge is 2.21. The standard InChI is InChI=1S/C21H20N4O2/c26-21-16-8-4-5-9-18(16)25-20(22-21)19(15-6-2-1-3-7-15)17(23-25)14-24-10-12-27-13-11-24/h1-9H,10-14H2,(H,22,26). The Hall–Kier alpha value is -2.96. The van der Waals surface area contributed by atoms with Gasteiger partial charge in [0, 0.05) is 25.2 Å². The molecule has 5 rings (SSSR count). The fourth-order valence-corrected chi connectivity index (χ4v) is 3.77. The molecular weight excluding hydrogens is 340 g/mol. The first-order chi connectivity index (χ1) is 13.3. The molecule has 4 aromatic rings. The maximum Gasteiger partial charge on any atom is 0.259 e. The number of nitrogens with one attached hydrogen (secondary N) is 1. The lowest BCUT2D eigenvalue weighted by atomic mass is 10.1. The van der Waals surface area contributed by atoms with E-state index in [0.29, 0.717) is 5.39 Å². The van der Waals surface area contributed by atoms with E-state index in [1.54, 1.807) is 0 Å². The van der Waals surface area contributed by atoms with Gasteiger partial charge in [0.25, 0.3) is 5.56 Å². The van der Waals surface area contributed by atoms with Gasteiger partial charge in [-0.25, -0.2) is 4.52 Å². The molecule has 1 aliphatic rings. The van der Waals surface area contributed by atoms with E-state index in [2.05, 4.69) is 22.0 Å². The molecule has 0 aliphatic carbocycles. The molecule has 2 aromatic heterocycles.